The van der Waals surface area contributed by atoms with Gasteiger partial charge in [-0.3, -0.25) is 5.10 Å². The Balaban J connectivity index is 1.55. The van der Waals surface area contributed by atoms with E-state index in [9.17, 15) is 9.65 Å². The number of aromatic nitrogens is 2. The molecule has 0 spiro atoms. The van der Waals surface area contributed by atoms with Crippen molar-refractivity contribution in [1.29, 1.82) is 5.26 Å². The van der Waals surface area contributed by atoms with Gasteiger partial charge in [-0.25, -0.2) is 4.39 Å². The van der Waals surface area contributed by atoms with E-state index in [2.05, 4.69) is 27.6 Å². The average Bonchev–Trinajstić information content (AvgIpc) is 3.43. The molecule has 5 atom stereocenters. The maximum absolute atomic E-state index is 13.9. The van der Waals surface area contributed by atoms with E-state index in [-0.39, 0.29) is 11.6 Å². The lowest BCUT2D eigenvalue weighted by molar-refractivity contribution is 0.249. The van der Waals surface area contributed by atoms with Crippen LogP contribution in [0.5, 0.6) is 0 Å². The van der Waals surface area contributed by atoms with Gasteiger partial charge in [-0.05, 0) is 78.3 Å². The van der Waals surface area contributed by atoms with Crippen LogP contribution >= 0.6 is 0 Å². The summed E-state index contributed by atoms with van der Waals surface area (Å²) in [5.74, 6) is 1.93. The average molecular weight is 358 g/mol. The minimum atomic E-state index is -0.443. The molecule has 6 rings (SSSR count). The number of benzene rings is 2. The van der Waals surface area contributed by atoms with Crippen LogP contribution in [0, 0.1) is 34.9 Å². The van der Waals surface area contributed by atoms with Crippen LogP contribution in [0.1, 0.15) is 47.9 Å². The van der Waals surface area contributed by atoms with Gasteiger partial charge in [0.05, 0.1) is 23.3 Å². The molecule has 27 heavy (non-hydrogen) atoms. The third-order valence-electron chi connectivity index (χ3n) is 7.15. The number of nitrogens with zero attached hydrogens (tertiary/aromatic N) is 2. The van der Waals surface area contributed by atoms with Crippen molar-refractivity contribution in [2.24, 2.45) is 17.8 Å². The van der Waals surface area contributed by atoms with Gasteiger partial charge in [-0.2, -0.15) is 10.4 Å². The fourth-order valence-electron chi connectivity index (χ4n) is 6.16. The highest BCUT2D eigenvalue weighted by atomic mass is 19.1. The summed E-state index contributed by atoms with van der Waals surface area (Å²) >= 11 is 0. The van der Waals surface area contributed by atoms with E-state index < -0.39 is 5.82 Å². The Morgan fingerprint density at radius 1 is 1.15 bits per heavy atom. The summed E-state index contributed by atoms with van der Waals surface area (Å²) in [6, 6.07) is 11.3. The molecule has 2 aromatic carbocycles. The van der Waals surface area contributed by atoms with Gasteiger partial charge in [0.2, 0.25) is 0 Å². The normalized spacial score (nSPS) is 30.6. The molecule has 2 aliphatic carbocycles. The van der Waals surface area contributed by atoms with E-state index in [4.69, 9.17) is 0 Å². The standard InChI is InChI=1S/C22H19FN4/c23-16-4-3-13(8-14(16)9-24)22-20-12-2-1-11(7-12)19(20)21-15-10-25-27-17(15)5-6-18(21)26-22/h3-6,8,10-12,19-20,22,26H,1-2,7H2,(H,25,27)/t11-,12-,19+,20-,22+/m1/s1. The van der Waals surface area contributed by atoms with Crippen LogP contribution in [-0.4, -0.2) is 10.2 Å². The number of fused-ring (bicyclic) bond motifs is 9. The molecule has 0 saturated heterocycles. The number of H-pyrrole nitrogens is 1. The molecular weight excluding hydrogens is 339 g/mol. The van der Waals surface area contributed by atoms with Gasteiger partial charge in [0.25, 0.3) is 0 Å². The second kappa shape index (κ2) is 5.32. The van der Waals surface area contributed by atoms with E-state index in [0.717, 1.165) is 16.8 Å². The molecule has 3 aliphatic rings. The zero-order chi connectivity index (χ0) is 18.1. The molecule has 1 aromatic heterocycles. The maximum atomic E-state index is 13.9. The Labute approximate surface area is 156 Å². The third-order valence-corrected chi connectivity index (χ3v) is 7.15. The number of nitrogens with one attached hydrogen (secondary N) is 2. The quantitative estimate of drug-likeness (QED) is 0.652. The first-order valence-corrected chi connectivity index (χ1v) is 9.66. The summed E-state index contributed by atoms with van der Waals surface area (Å²) < 4.78 is 13.9. The highest BCUT2D eigenvalue weighted by Gasteiger charge is 2.54. The highest BCUT2D eigenvalue weighted by molar-refractivity contribution is 5.88. The van der Waals surface area contributed by atoms with Gasteiger partial charge in [0, 0.05) is 11.1 Å². The first-order chi connectivity index (χ1) is 13.2. The molecule has 2 bridgehead atoms. The second-order valence-electron chi connectivity index (χ2n) is 8.27. The summed E-state index contributed by atoms with van der Waals surface area (Å²) in [4.78, 5) is 0. The number of anilines is 1. The fraction of sp³-hybridized carbons (Fsp3) is 0.364. The highest BCUT2D eigenvalue weighted by Crippen LogP contribution is 2.64. The molecular formula is C22H19FN4. The van der Waals surface area contributed by atoms with Crippen LogP contribution in [0.4, 0.5) is 10.1 Å². The fourth-order valence-corrected chi connectivity index (χ4v) is 6.16. The van der Waals surface area contributed by atoms with Crippen molar-refractivity contribution in [2.45, 2.75) is 31.2 Å². The van der Waals surface area contributed by atoms with Crippen molar-refractivity contribution in [3.05, 3.63) is 59.0 Å². The van der Waals surface area contributed by atoms with E-state index in [0.29, 0.717) is 23.7 Å². The van der Waals surface area contributed by atoms with Crippen LogP contribution < -0.4 is 5.32 Å². The zero-order valence-corrected chi connectivity index (χ0v) is 14.7. The second-order valence-corrected chi connectivity index (χ2v) is 8.27. The Kier molecular flexibility index (Phi) is 3.00. The molecule has 0 amide bonds. The van der Waals surface area contributed by atoms with Crippen LogP contribution in [0.3, 0.4) is 0 Å². The molecule has 2 fully saturated rings. The lowest BCUT2D eigenvalue weighted by Crippen LogP contribution is -2.35. The maximum Gasteiger partial charge on any atom is 0.140 e. The molecule has 3 aromatic rings. The number of aromatic amines is 1. The van der Waals surface area contributed by atoms with Crippen molar-refractivity contribution < 1.29 is 4.39 Å². The molecule has 2 saturated carbocycles. The topological polar surface area (TPSA) is 64.5 Å². The van der Waals surface area contributed by atoms with Gasteiger partial charge in [0.15, 0.2) is 0 Å². The van der Waals surface area contributed by atoms with Crippen molar-refractivity contribution >= 4 is 16.6 Å². The monoisotopic (exact) mass is 358 g/mol. The van der Waals surface area contributed by atoms with Gasteiger partial charge < -0.3 is 5.32 Å². The van der Waals surface area contributed by atoms with Crippen molar-refractivity contribution in [3.63, 3.8) is 0 Å². The Hall–Kier alpha value is -2.87. The smallest absolute Gasteiger partial charge is 0.140 e. The molecule has 2 heterocycles. The van der Waals surface area contributed by atoms with Crippen LogP contribution in [0.15, 0.2) is 36.5 Å². The Bertz CT molecular complexity index is 1110. The minimum absolute atomic E-state index is 0.120. The minimum Gasteiger partial charge on any atom is -0.378 e. The lowest BCUT2D eigenvalue weighted by Gasteiger charge is -2.43. The summed E-state index contributed by atoms with van der Waals surface area (Å²) in [5, 5.41) is 21.6. The first kappa shape index (κ1) is 15.2. The number of halogens is 1. The zero-order valence-electron chi connectivity index (χ0n) is 14.7. The lowest BCUT2D eigenvalue weighted by atomic mass is 9.67. The Morgan fingerprint density at radius 3 is 2.93 bits per heavy atom. The van der Waals surface area contributed by atoms with Crippen LogP contribution in [-0.2, 0) is 0 Å². The SMILES string of the molecule is N#Cc1cc([C@@H]2Nc3ccc4[nH]ncc4c3[C@H]3[C@@H]4CC[C@H](C4)[C@H]32)ccc1F. The molecule has 1 aliphatic heterocycles. The van der Waals surface area contributed by atoms with Crippen molar-refractivity contribution in [3.8, 4) is 6.07 Å². The molecule has 4 nitrogen and oxygen atoms in total. The number of nitriles is 1. The van der Waals surface area contributed by atoms with Crippen LogP contribution in [0.25, 0.3) is 10.9 Å². The number of rotatable bonds is 1. The predicted octanol–water partition coefficient (Wildman–Crippen LogP) is 4.87. The largest absolute Gasteiger partial charge is 0.378 e. The van der Waals surface area contributed by atoms with Crippen molar-refractivity contribution in [2.75, 3.05) is 5.32 Å². The van der Waals surface area contributed by atoms with E-state index >= 15 is 0 Å². The molecule has 5 heteroatoms. The van der Waals surface area contributed by atoms with Gasteiger partial charge in [-0.1, -0.05) is 6.07 Å². The van der Waals surface area contributed by atoms with Crippen molar-refractivity contribution in [1.82, 2.24) is 10.2 Å². The first-order valence-electron chi connectivity index (χ1n) is 9.66. The van der Waals surface area contributed by atoms with Crippen LogP contribution in [0.2, 0.25) is 0 Å². The molecule has 134 valence electrons. The Morgan fingerprint density at radius 2 is 2.04 bits per heavy atom. The number of hydrogen-bond donors (Lipinski definition) is 2. The summed E-state index contributed by atoms with van der Waals surface area (Å²) in [6.07, 6.45) is 5.78. The molecule has 2 N–H and O–H groups in total. The predicted molar refractivity (Wildman–Crippen MR) is 101 cm³/mol. The summed E-state index contributed by atoms with van der Waals surface area (Å²) in [5.41, 5.74) is 4.80. The summed E-state index contributed by atoms with van der Waals surface area (Å²) in [6.45, 7) is 0. The van der Waals surface area contributed by atoms with Gasteiger partial charge in [-0.15, -0.1) is 0 Å². The van der Waals surface area contributed by atoms with Gasteiger partial charge >= 0.3 is 0 Å². The molecule has 0 unspecified atom stereocenters. The van der Waals surface area contributed by atoms with E-state index in [1.807, 2.05) is 18.3 Å². The van der Waals surface area contributed by atoms with E-state index in [1.165, 1.54) is 36.3 Å². The van der Waals surface area contributed by atoms with Gasteiger partial charge in [0.1, 0.15) is 11.9 Å². The third kappa shape index (κ3) is 1.98. The van der Waals surface area contributed by atoms with E-state index in [1.54, 1.807) is 6.07 Å². The summed E-state index contributed by atoms with van der Waals surface area (Å²) in [7, 11) is 0. The number of hydrogen-bond acceptors (Lipinski definition) is 3. The molecule has 0 radical (unpaired) electrons.